The van der Waals surface area contributed by atoms with Crippen molar-refractivity contribution in [2.45, 2.75) is 52.0 Å². The van der Waals surface area contributed by atoms with E-state index in [1.54, 1.807) is 6.08 Å². The lowest BCUT2D eigenvalue weighted by Crippen LogP contribution is -2.35. The Hall–Kier alpha value is -2.54. The van der Waals surface area contributed by atoms with Gasteiger partial charge in [0, 0.05) is 5.57 Å². The Balaban J connectivity index is 0.00000281. The Morgan fingerprint density at radius 2 is 1.97 bits per heavy atom. The molecule has 0 aromatic rings. The summed E-state index contributed by atoms with van der Waals surface area (Å²) in [5.41, 5.74) is 4.98. The van der Waals surface area contributed by atoms with E-state index in [0.717, 1.165) is 22.9 Å². The predicted molar refractivity (Wildman–Crippen MR) is 122 cm³/mol. The summed E-state index contributed by atoms with van der Waals surface area (Å²) in [4.78, 5) is 23.8. The molecule has 1 heterocycles. The fraction of sp³-hybridized carbons (Fsp3) is 0.455. The molecule has 0 fully saturated rings. The summed E-state index contributed by atoms with van der Waals surface area (Å²) in [7, 11) is 1.50. The molecule has 0 spiro atoms. The highest BCUT2D eigenvalue weighted by molar-refractivity contribution is 8.06. The van der Waals surface area contributed by atoms with Crippen LogP contribution in [-0.2, 0) is 14.3 Å². The summed E-state index contributed by atoms with van der Waals surface area (Å²) < 4.78 is 41.2. The number of aliphatic hydroxyl groups excluding tert-OH is 1. The van der Waals surface area contributed by atoms with E-state index in [-0.39, 0.29) is 34.5 Å². The Morgan fingerprint density at radius 3 is 2.56 bits per heavy atom. The van der Waals surface area contributed by atoms with Crippen molar-refractivity contribution in [1.29, 1.82) is 0 Å². The van der Waals surface area contributed by atoms with Gasteiger partial charge in [-0.2, -0.15) is 0 Å². The van der Waals surface area contributed by atoms with Crippen LogP contribution < -0.4 is 11.1 Å². The highest BCUT2D eigenvalue weighted by Gasteiger charge is 2.31. The number of hydroxylamine groups is 2. The normalized spacial score (nSPS) is 17.3. The standard InChI is InChI=1S/C21H25F3N2O5S.CH5N/c1-13(2)11-17(28)19(29)25-20-14(12-27)5-3-8-18(32-20)26(30)15-6-4-7-16(10-9-15)31-21(22,23)24;1-2/h6-10,12-13,17,28,30H,3-5,11H2,1-2H3,(H,25,29);2H2,1H3. The number of halogens is 3. The first kappa shape index (κ1) is 29.5. The SMILES string of the molecule is CC(C)CC(O)C(=O)NC1=C(C=O)CCC=C(N(O)C2=CCC=C(OC(F)(F)F)C=C2)S1.CN. The number of amides is 1. The molecule has 5 N–H and O–H groups in total. The number of rotatable bonds is 8. The maximum absolute atomic E-state index is 12.4. The number of hydrogen-bond donors (Lipinski definition) is 4. The van der Waals surface area contributed by atoms with E-state index >= 15 is 0 Å². The van der Waals surface area contributed by atoms with Gasteiger partial charge in [0.2, 0.25) is 0 Å². The molecule has 8 nitrogen and oxygen atoms in total. The number of carbonyl (C=O) groups is 2. The lowest BCUT2D eigenvalue weighted by atomic mass is 10.1. The van der Waals surface area contributed by atoms with Crippen molar-refractivity contribution in [3.63, 3.8) is 0 Å². The second-order valence-corrected chi connectivity index (χ2v) is 8.48. The number of aliphatic hydroxyl groups is 1. The van der Waals surface area contributed by atoms with E-state index in [1.807, 2.05) is 13.8 Å². The summed E-state index contributed by atoms with van der Waals surface area (Å²) in [5.74, 6) is -0.998. The van der Waals surface area contributed by atoms with Crippen LogP contribution in [0.1, 0.15) is 39.5 Å². The van der Waals surface area contributed by atoms with Crippen molar-refractivity contribution in [1.82, 2.24) is 10.4 Å². The molecule has 0 bridgehead atoms. The van der Waals surface area contributed by atoms with Crippen molar-refractivity contribution in [2.24, 2.45) is 11.7 Å². The summed E-state index contributed by atoms with van der Waals surface area (Å²) in [5, 5.41) is 24.4. The minimum atomic E-state index is -4.83. The van der Waals surface area contributed by atoms with Crippen LogP contribution in [0, 0.1) is 5.92 Å². The third kappa shape index (κ3) is 9.75. The Bertz CT molecular complexity index is 880. The van der Waals surface area contributed by atoms with E-state index < -0.39 is 24.1 Å². The lowest BCUT2D eigenvalue weighted by Gasteiger charge is -2.22. The number of hydrogen-bond acceptors (Lipinski definition) is 8. The number of nitrogens with two attached hydrogens (primary N) is 1. The van der Waals surface area contributed by atoms with Gasteiger partial charge in [0.25, 0.3) is 5.91 Å². The third-order valence-electron chi connectivity index (χ3n) is 4.36. The van der Waals surface area contributed by atoms with Crippen LogP contribution in [0.2, 0.25) is 0 Å². The van der Waals surface area contributed by atoms with Gasteiger partial charge in [0.15, 0.2) is 0 Å². The Morgan fingerprint density at radius 1 is 1.29 bits per heavy atom. The highest BCUT2D eigenvalue weighted by atomic mass is 32.2. The van der Waals surface area contributed by atoms with Crippen LogP contribution in [0.25, 0.3) is 0 Å². The maximum atomic E-state index is 12.4. The monoisotopic (exact) mass is 505 g/mol. The van der Waals surface area contributed by atoms with Crippen LogP contribution in [0.15, 0.2) is 57.5 Å². The van der Waals surface area contributed by atoms with Gasteiger partial charge in [0.1, 0.15) is 23.2 Å². The number of thioether (sulfide) groups is 1. The minimum absolute atomic E-state index is 0.0726. The largest absolute Gasteiger partial charge is 0.573 e. The number of nitrogens with zero attached hydrogens (tertiary/aromatic N) is 1. The predicted octanol–water partition coefficient (Wildman–Crippen LogP) is 3.82. The zero-order valence-electron chi connectivity index (χ0n) is 19.1. The number of carbonyl (C=O) groups excluding carboxylic acids is 2. The van der Waals surface area contributed by atoms with Gasteiger partial charge in [-0.25, -0.2) is 5.06 Å². The van der Waals surface area contributed by atoms with Gasteiger partial charge in [-0.15, -0.1) is 13.2 Å². The molecule has 2 aliphatic rings. The first-order valence-corrected chi connectivity index (χ1v) is 11.3. The fourth-order valence-corrected chi connectivity index (χ4v) is 3.90. The van der Waals surface area contributed by atoms with Crippen LogP contribution >= 0.6 is 11.8 Å². The Labute approximate surface area is 200 Å². The van der Waals surface area contributed by atoms with E-state index in [9.17, 15) is 33.1 Å². The molecular weight excluding hydrogens is 475 g/mol. The molecule has 2 rings (SSSR count). The quantitative estimate of drug-likeness (QED) is 0.290. The number of alkyl halides is 3. The summed E-state index contributed by atoms with van der Waals surface area (Å²) >= 11 is 0.908. The molecule has 1 atom stereocenters. The molecule has 0 saturated heterocycles. The van der Waals surface area contributed by atoms with Crippen LogP contribution in [0.5, 0.6) is 0 Å². The van der Waals surface area contributed by atoms with Gasteiger partial charge < -0.3 is 20.9 Å². The van der Waals surface area contributed by atoms with Crippen molar-refractivity contribution in [3.05, 3.63) is 57.5 Å². The summed E-state index contributed by atoms with van der Waals surface area (Å²) in [6.07, 6.45) is 2.17. The molecule has 1 amide bonds. The molecule has 1 aliphatic carbocycles. The molecule has 12 heteroatoms. The molecule has 0 saturated carbocycles. The first-order valence-electron chi connectivity index (χ1n) is 10.5. The minimum Gasteiger partial charge on any atom is -0.406 e. The van der Waals surface area contributed by atoms with Gasteiger partial charge in [-0.3, -0.25) is 14.8 Å². The molecule has 1 aliphatic heterocycles. The molecule has 34 heavy (non-hydrogen) atoms. The number of ether oxygens (including phenoxy) is 1. The van der Waals surface area contributed by atoms with E-state index in [4.69, 9.17) is 0 Å². The van der Waals surface area contributed by atoms with Crippen LogP contribution in [-0.4, -0.2) is 47.1 Å². The molecule has 0 radical (unpaired) electrons. The van der Waals surface area contributed by atoms with Gasteiger partial charge in [-0.1, -0.05) is 37.8 Å². The smallest absolute Gasteiger partial charge is 0.406 e. The van der Waals surface area contributed by atoms with Crippen molar-refractivity contribution in [3.8, 4) is 0 Å². The number of aldehydes is 1. The fourth-order valence-electron chi connectivity index (χ4n) is 2.87. The van der Waals surface area contributed by atoms with Gasteiger partial charge in [0.05, 0.1) is 10.7 Å². The highest BCUT2D eigenvalue weighted by Crippen LogP contribution is 2.35. The van der Waals surface area contributed by atoms with E-state index in [2.05, 4.69) is 15.8 Å². The van der Waals surface area contributed by atoms with Gasteiger partial charge >= 0.3 is 6.36 Å². The molecule has 0 aromatic carbocycles. The Kier molecular flexibility index (Phi) is 12.1. The third-order valence-corrected chi connectivity index (χ3v) is 5.48. The van der Waals surface area contributed by atoms with E-state index in [0.29, 0.717) is 24.7 Å². The molecule has 1 unspecified atom stereocenters. The van der Waals surface area contributed by atoms with Gasteiger partial charge in [-0.05, 0) is 56.9 Å². The topological polar surface area (TPSA) is 125 Å². The first-order chi connectivity index (χ1) is 16.0. The second-order valence-electron chi connectivity index (χ2n) is 7.45. The average molecular weight is 506 g/mol. The zero-order chi connectivity index (χ0) is 25.9. The van der Waals surface area contributed by atoms with Crippen LogP contribution in [0.3, 0.4) is 0 Å². The molecular formula is C22H30F3N3O5S. The van der Waals surface area contributed by atoms with E-state index in [1.165, 1.54) is 25.3 Å². The van der Waals surface area contributed by atoms with Crippen molar-refractivity contribution >= 4 is 24.0 Å². The average Bonchev–Trinajstić information content (AvgIpc) is 3.11. The summed E-state index contributed by atoms with van der Waals surface area (Å²) in [6.45, 7) is 3.71. The second kappa shape index (κ2) is 14.0. The molecule has 0 aromatic heterocycles. The summed E-state index contributed by atoms with van der Waals surface area (Å²) in [6, 6.07) is 0. The lowest BCUT2D eigenvalue weighted by molar-refractivity contribution is -0.303. The van der Waals surface area contributed by atoms with Crippen LogP contribution in [0.4, 0.5) is 13.2 Å². The van der Waals surface area contributed by atoms with Crippen molar-refractivity contribution in [2.75, 3.05) is 7.05 Å². The number of nitrogens with one attached hydrogen (secondary N) is 1. The zero-order valence-corrected chi connectivity index (χ0v) is 19.9. The maximum Gasteiger partial charge on any atom is 0.573 e. The molecule has 190 valence electrons. The van der Waals surface area contributed by atoms with Crippen molar-refractivity contribution < 1.29 is 37.8 Å². The number of allylic oxidation sites excluding steroid dienone is 6.